The summed E-state index contributed by atoms with van der Waals surface area (Å²) in [7, 11) is 0. The number of aromatic amines is 1. The lowest BCUT2D eigenvalue weighted by atomic mass is 10.1. The van der Waals surface area contributed by atoms with Crippen LogP contribution in [0.25, 0.3) is 11.4 Å². The molecule has 0 radical (unpaired) electrons. The number of aromatic nitrogens is 4. The van der Waals surface area contributed by atoms with Crippen molar-refractivity contribution in [3.8, 4) is 11.4 Å². The van der Waals surface area contributed by atoms with Gasteiger partial charge in [-0.1, -0.05) is 30.3 Å². The van der Waals surface area contributed by atoms with E-state index in [4.69, 9.17) is 5.73 Å². The van der Waals surface area contributed by atoms with Gasteiger partial charge in [0.15, 0.2) is 0 Å². The molecule has 0 saturated carbocycles. The van der Waals surface area contributed by atoms with E-state index in [0.717, 1.165) is 17.0 Å². The van der Waals surface area contributed by atoms with Gasteiger partial charge in [-0.15, -0.1) is 0 Å². The Hall–Kier alpha value is -2.53. The van der Waals surface area contributed by atoms with Crippen LogP contribution in [0.5, 0.6) is 0 Å². The van der Waals surface area contributed by atoms with Gasteiger partial charge in [-0.25, -0.2) is 4.98 Å². The predicted octanol–water partition coefficient (Wildman–Crippen LogP) is 1.91. The fourth-order valence-corrected chi connectivity index (χ4v) is 1.88. The maximum absolute atomic E-state index is 6.18. The number of nitrogens with one attached hydrogen (secondary N) is 1. The maximum Gasteiger partial charge on any atom is 0.128 e. The van der Waals surface area contributed by atoms with Crippen LogP contribution in [0, 0.1) is 0 Å². The van der Waals surface area contributed by atoms with Gasteiger partial charge in [-0.3, -0.25) is 9.97 Å². The topological polar surface area (TPSA) is 80.5 Å². The molecule has 94 valence electrons. The Bertz CT molecular complexity index is 648. The van der Waals surface area contributed by atoms with Crippen LogP contribution in [0.3, 0.4) is 0 Å². The number of nitrogens with zero attached hydrogens (tertiary/aromatic N) is 3. The van der Waals surface area contributed by atoms with E-state index in [2.05, 4.69) is 19.9 Å². The Balaban J connectivity index is 1.90. The molecule has 0 aliphatic carbocycles. The van der Waals surface area contributed by atoms with Crippen molar-refractivity contribution in [2.75, 3.05) is 0 Å². The van der Waals surface area contributed by atoms with Crippen molar-refractivity contribution in [1.82, 2.24) is 19.9 Å². The van der Waals surface area contributed by atoms with Crippen molar-refractivity contribution in [3.63, 3.8) is 0 Å². The summed E-state index contributed by atoms with van der Waals surface area (Å²) in [6.07, 6.45) is 6.69. The minimum absolute atomic E-state index is 0.272. The van der Waals surface area contributed by atoms with Gasteiger partial charge >= 0.3 is 0 Å². The van der Waals surface area contributed by atoms with Crippen LogP contribution in [0.15, 0.2) is 55.1 Å². The average Bonchev–Trinajstić information content (AvgIpc) is 2.98. The maximum atomic E-state index is 6.18. The van der Waals surface area contributed by atoms with Crippen LogP contribution in [-0.2, 0) is 0 Å². The van der Waals surface area contributed by atoms with E-state index in [1.165, 1.54) is 0 Å². The summed E-state index contributed by atoms with van der Waals surface area (Å²) < 4.78 is 0. The molecule has 0 saturated heterocycles. The largest absolute Gasteiger partial charge is 0.339 e. The lowest BCUT2D eigenvalue weighted by molar-refractivity contribution is 0.801. The molecule has 3 rings (SSSR count). The molecule has 0 aliphatic rings. The van der Waals surface area contributed by atoms with Gasteiger partial charge in [-0.2, -0.15) is 0 Å². The number of hydrogen-bond donors (Lipinski definition) is 2. The molecular formula is C14H13N5. The fourth-order valence-electron chi connectivity index (χ4n) is 1.88. The minimum atomic E-state index is -0.272. The zero-order valence-electron chi connectivity index (χ0n) is 10.2. The molecule has 0 aliphatic heterocycles. The van der Waals surface area contributed by atoms with Crippen molar-refractivity contribution in [2.45, 2.75) is 6.04 Å². The van der Waals surface area contributed by atoms with E-state index in [1.807, 2.05) is 30.3 Å². The van der Waals surface area contributed by atoms with Crippen LogP contribution < -0.4 is 5.73 Å². The molecule has 0 bridgehead atoms. The summed E-state index contributed by atoms with van der Waals surface area (Å²) >= 11 is 0. The van der Waals surface area contributed by atoms with E-state index in [-0.39, 0.29) is 6.04 Å². The Morgan fingerprint density at radius 2 is 1.84 bits per heavy atom. The first kappa shape index (κ1) is 11.6. The Morgan fingerprint density at radius 3 is 2.58 bits per heavy atom. The standard InChI is InChI=1S/C14H13N5/c15-13(10-4-2-1-3-5-10)14-18-9-12(19-14)11-8-16-6-7-17-11/h1-9,13H,15H2,(H,18,19). The third-order valence-corrected chi connectivity index (χ3v) is 2.89. The lowest BCUT2D eigenvalue weighted by Crippen LogP contribution is -2.13. The third-order valence-electron chi connectivity index (χ3n) is 2.89. The second-order valence-electron chi connectivity index (χ2n) is 4.16. The summed E-state index contributed by atoms with van der Waals surface area (Å²) in [6, 6.07) is 9.57. The van der Waals surface area contributed by atoms with Gasteiger partial charge in [0.25, 0.3) is 0 Å². The van der Waals surface area contributed by atoms with Crippen LogP contribution in [0.4, 0.5) is 0 Å². The van der Waals surface area contributed by atoms with E-state index >= 15 is 0 Å². The molecular weight excluding hydrogens is 238 g/mol. The molecule has 1 unspecified atom stereocenters. The number of rotatable bonds is 3. The van der Waals surface area contributed by atoms with E-state index < -0.39 is 0 Å². The number of H-pyrrole nitrogens is 1. The lowest BCUT2D eigenvalue weighted by Gasteiger charge is -2.08. The summed E-state index contributed by atoms with van der Waals surface area (Å²) in [5.74, 6) is 0.715. The summed E-state index contributed by atoms with van der Waals surface area (Å²) in [6.45, 7) is 0. The fraction of sp³-hybridized carbons (Fsp3) is 0.0714. The first-order chi connectivity index (χ1) is 9.34. The number of benzene rings is 1. The van der Waals surface area contributed by atoms with Crippen molar-refractivity contribution < 1.29 is 0 Å². The summed E-state index contributed by atoms with van der Waals surface area (Å²) in [4.78, 5) is 15.8. The molecule has 3 aromatic rings. The number of imidazole rings is 1. The first-order valence-electron chi connectivity index (χ1n) is 5.96. The molecule has 2 aromatic heterocycles. The van der Waals surface area contributed by atoms with E-state index in [0.29, 0.717) is 5.82 Å². The molecule has 0 fully saturated rings. The van der Waals surface area contributed by atoms with Gasteiger partial charge in [0.1, 0.15) is 11.5 Å². The molecule has 1 aromatic carbocycles. The Morgan fingerprint density at radius 1 is 1.00 bits per heavy atom. The van der Waals surface area contributed by atoms with Crippen molar-refractivity contribution >= 4 is 0 Å². The SMILES string of the molecule is NC(c1ccccc1)c1ncc(-c2cnccn2)[nH]1. The Kier molecular flexibility index (Phi) is 3.04. The molecule has 5 heteroatoms. The van der Waals surface area contributed by atoms with Crippen LogP contribution >= 0.6 is 0 Å². The zero-order valence-corrected chi connectivity index (χ0v) is 10.2. The van der Waals surface area contributed by atoms with E-state index in [1.54, 1.807) is 24.8 Å². The highest BCUT2D eigenvalue weighted by Crippen LogP contribution is 2.19. The summed E-state index contributed by atoms with van der Waals surface area (Å²) in [5.41, 5.74) is 8.76. The highest BCUT2D eigenvalue weighted by atomic mass is 15.0. The molecule has 2 heterocycles. The highest BCUT2D eigenvalue weighted by Gasteiger charge is 2.13. The van der Waals surface area contributed by atoms with Crippen LogP contribution in [0.2, 0.25) is 0 Å². The zero-order chi connectivity index (χ0) is 13.1. The molecule has 0 amide bonds. The Labute approximate surface area is 110 Å². The number of nitrogens with two attached hydrogens (primary N) is 1. The van der Waals surface area contributed by atoms with Crippen LogP contribution in [-0.4, -0.2) is 19.9 Å². The second-order valence-corrected chi connectivity index (χ2v) is 4.16. The normalized spacial score (nSPS) is 12.3. The van der Waals surface area contributed by atoms with Gasteiger partial charge < -0.3 is 10.7 Å². The van der Waals surface area contributed by atoms with Crippen LogP contribution in [0.1, 0.15) is 17.4 Å². The van der Waals surface area contributed by atoms with Crippen molar-refractivity contribution in [2.24, 2.45) is 5.73 Å². The second kappa shape index (κ2) is 4.99. The van der Waals surface area contributed by atoms with Gasteiger partial charge in [0, 0.05) is 12.4 Å². The van der Waals surface area contributed by atoms with E-state index in [9.17, 15) is 0 Å². The van der Waals surface area contributed by atoms with Gasteiger partial charge in [-0.05, 0) is 5.56 Å². The molecule has 0 spiro atoms. The quantitative estimate of drug-likeness (QED) is 0.745. The minimum Gasteiger partial charge on any atom is -0.339 e. The monoisotopic (exact) mass is 251 g/mol. The smallest absolute Gasteiger partial charge is 0.128 e. The van der Waals surface area contributed by atoms with Crippen molar-refractivity contribution in [1.29, 1.82) is 0 Å². The molecule has 1 atom stereocenters. The van der Waals surface area contributed by atoms with Crippen molar-refractivity contribution in [3.05, 3.63) is 66.5 Å². The summed E-state index contributed by atoms with van der Waals surface area (Å²) in [5, 5.41) is 0. The predicted molar refractivity (Wildman–Crippen MR) is 72.1 cm³/mol. The average molecular weight is 251 g/mol. The molecule has 5 nitrogen and oxygen atoms in total. The van der Waals surface area contributed by atoms with Gasteiger partial charge in [0.2, 0.25) is 0 Å². The third kappa shape index (κ3) is 2.36. The molecule has 3 N–H and O–H groups in total. The number of hydrogen-bond acceptors (Lipinski definition) is 4. The molecule has 19 heavy (non-hydrogen) atoms. The first-order valence-corrected chi connectivity index (χ1v) is 5.96. The highest BCUT2D eigenvalue weighted by molar-refractivity contribution is 5.51. The van der Waals surface area contributed by atoms with Gasteiger partial charge in [0.05, 0.1) is 24.1 Å².